The van der Waals surface area contributed by atoms with E-state index in [0.717, 1.165) is 29.7 Å². The molecule has 0 spiro atoms. The van der Waals surface area contributed by atoms with Gasteiger partial charge in [-0.2, -0.15) is 5.10 Å². The van der Waals surface area contributed by atoms with E-state index in [1.807, 2.05) is 59.4 Å². The summed E-state index contributed by atoms with van der Waals surface area (Å²) < 4.78 is 7.19. The van der Waals surface area contributed by atoms with Crippen LogP contribution in [-0.4, -0.2) is 29.3 Å². The van der Waals surface area contributed by atoms with Crippen LogP contribution in [-0.2, 0) is 13.0 Å². The van der Waals surface area contributed by atoms with Crippen LogP contribution >= 0.6 is 0 Å². The van der Waals surface area contributed by atoms with Gasteiger partial charge in [0.2, 0.25) is 0 Å². The largest absolute Gasteiger partial charge is 0.496 e. The van der Waals surface area contributed by atoms with Crippen LogP contribution in [0.2, 0.25) is 0 Å². The standard InChI is InChI=1S/C21H23N3O2/c1-26-20-11-3-2-8-18(20)10-5-12-22-21(25)19-9-4-7-17(15-19)16-24-14-6-13-23-24/h2-4,6-9,11,13-15H,5,10,12,16H2,1H3,(H,22,25). The number of benzene rings is 2. The molecule has 0 fully saturated rings. The number of ether oxygens (including phenoxy) is 1. The van der Waals surface area contributed by atoms with Gasteiger partial charge in [-0.25, -0.2) is 0 Å². The van der Waals surface area contributed by atoms with Crippen molar-refractivity contribution in [2.75, 3.05) is 13.7 Å². The van der Waals surface area contributed by atoms with E-state index in [1.54, 1.807) is 13.3 Å². The Hall–Kier alpha value is -3.08. The molecule has 0 saturated heterocycles. The Kier molecular flexibility index (Phi) is 6.04. The monoisotopic (exact) mass is 349 g/mol. The Morgan fingerprint density at radius 2 is 2.04 bits per heavy atom. The number of rotatable bonds is 8. The molecule has 134 valence electrons. The number of hydrogen-bond donors (Lipinski definition) is 1. The molecule has 0 atom stereocenters. The third-order valence-electron chi connectivity index (χ3n) is 4.19. The Balaban J connectivity index is 1.50. The number of aryl methyl sites for hydroxylation is 1. The summed E-state index contributed by atoms with van der Waals surface area (Å²) in [5.74, 6) is 0.845. The van der Waals surface area contributed by atoms with E-state index < -0.39 is 0 Å². The van der Waals surface area contributed by atoms with E-state index in [2.05, 4.69) is 16.5 Å². The Labute approximate surface area is 153 Å². The summed E-state index contributed by atoms with van der Waals surface area (Å²) in [6.07, 6.45) is 5.38. The van der Waals surface area contributed by atoms with E-state index in [9.17, 15) is 4.79 Å². The van der Waals surface area contributed by atoms with Gasteiger partial charge >= 0.3 is 0 Å². The van der Waals surface area contributed by atoms with Crippen molar-refractivity contribution in [3.05, 3.63) is 83.7 Å². The van der Waals surface area contributed by atoms with Crippen LogP contribution in [0.25, 0.3) is 0 Å². The average molecular weight is 349 g/mol. The number of para-hydroxylation sites is 1. The number of nitrogens with zero attached hydrogens (tertiary/aromatic N) is 2. The van der Waals surface area contributed by atoms with Gasteiger partial charge in [-0.1, -0.05) is 30.3 Å². The van der Waals surface area contributed by atoms with Gasteiger partial charge in [0.15, 0.2) is 0 Å². The van der Waals surface area contributed by atoms with Crippen LogP contribution in [0.5, 0.6) is 5.75 Å². The number of amides is 1. The first kappa shape index (κ1) is 17.7. The summed E-state index contributed by atoms with van der Waals surface area (Å²) in [6.45, 7) is 1.28. The van der Waals surface area contributed by atoms with Gasteiger partial charge < -0.3 is 10.1 Å². The van der Waals surface area contributed by atoms with Gasteiger partial charge in [0.25, 0.3) is 5.91 Å². The summed E-state index contributed by atoms with van der Waals surface area (Å²) in [5.41, 5.74) is 2.88. The predicted molar refractivity (Wildman–Crippen MR) is 101 cm³/mol. The van der Waals surface area contributed by atoms with E-state index >= 15 is 0 Å². The lowest BCUT2D eigenvalue weighted by Gasteiger charge is -2.09. The maximum atomic E-state index is 12.4. The van der Waals surface area contributed by atoms with Crippen LogP contribution < -0.4 is 10.1 Å². The fourth-order valence-corrected chi connectivity index (χ4v) is 2.88. The highest BCUT2D eigenvalue weighted by Crippen LogP contribution is 2.18. The van der Waals surface area contributed by atoms with Gasteiger partial charge in [0.05, 0.1) is 13.7 Å². The Morgan fingerprint density at radius 3 is 2.85 bits per heavy atom. The summed E-state index contributed by atoms with van der Waals surface area (Å²) in [5, 5.41) is 7.19. The normalized spacial score (nSPS) is 10.5. The van der Waals surface area contributed by atoms with Crippen molar-refractivity contribution >= 4 is 5.91 Å². The quantitative estimate of drug-likeness (QED) is 0.635. The second-order valence-electron chi connectivity index (χ2n) is 6.08. The van der Waals surface area contributed by atoms with Crippen LogP contribution in [0, 0.1) is 0 Å². The molecule has 5 nitrogen and oxygen atoms in total. The van der Waals surface area contributed by atoms with Gasteiger partial charge in [0.1, 0.15) is 5.75 Å². The lowest BCUT2D eigenvalue weighted by molar-refractivity contribution is 0.0953. The van der Waals surface area contributed by atoms with E-state index in [1.165, 1.54) is 0 Å². The molecule has 0 aliphatic rings. The maximum Gasteiger partial charge on any atom is 0.251 e. The highest BCUT2D eigenvalue weighted by molar-refractivity contribution is 5.94. The smallest absolute Gasteiger partial charge is 0.251 e. The zero-order valence-corrected chi connectivity index (χ0v) is 14.9. The summed E-state index contributed by atoms with van der Waals surface area (Å²) >= 11 is 0. The zero-order chi connectivity index (χ0) is 18.2. The molecule has 3 aromatic rings. The van der Waals surface area contributed by atoms with Gasteiger partial charge in [-0.15, -0.1) is 0 Å². The molecular weight excluding hydrogens is 326 g/mol. The zero-order valence-electron chi connectivity index (χ0n) is 14.9. The minimum absolute atomic E-state index is 0.0488. The number of hydrogen-bond acceptors (Lipinski definition) is 3. The number of methoxy groups -OCH3 is 1. The molecule has 0 aliphatic carbocycles. The maximum absolute atomic E-state index is 12.4. The van der Waals surface area contributed by atoms with E-state index in [4.69, 9.17) is 4.74 Å². The second-order valence-corrected chi connectivity index (χ2v) is 6.08. The van der Waals surface area contributed by atoms with Crippen molar-refractivity contribution in [1.29, 1.82) is 0 Å². The molecule has 0 saturated carbocycles. The van der Waals surface area contributed by atoms with Crippen molar-refractivity contribution in [2.24, 2.45) is 0 Å². The van der Waals surface area contributed by atoms with Crippen molar-refractivity contribution in [3.8, 4) is 5.75 Å². The summed E-state index contributed by atoms with van der Waals surface area (Å²) in [6, 6.07) is 17.5. The average Bonchev–Trinajstić information content (AvgIpc) is 3.18. The highest BCUT2D eigenvalue weighted by atomic mass is 16.5. The first-order valence-corrected chi connectivity index (χ1v) is 8.73. The molecule has 2 aromatic carbocycles. The fraction of sp³-hybridized carbons (Fsp3) is 0.238. The number of carbonyl (C=O) groups excluding carboxylic acids is 1. The van der Waals surface area contributed by atoms with Crippen LogP contribution in [0.4, 0.5) is 0 Å². The van der Waals surface area contributed by atoms with Gasteiger partial charge in [-0.05, 0) is 48.2 Å². The molecule has 1 aromatic heterocycles. The third-order valence-corrected chi connectivity index (χ3v) is 4.19. The minimum Gasteiger partial charge on any atom is -0.496 e. The molecule has 26 heavy (non-hydrogen) atoms. The van der Waals surface area contributed by atoms with Crippen LogP contribution in [0.15, 0.2) is 67.0 Å². The molecular formula is C21H23N3O2. The number of aromatic nitrogens is 2. The molecule has 0 unspecified atom stereocenters. The van der Waals surface area contributed by atoms with E-state index in [0.29, 0.717) is 18.7 Å². The molecule has 1 heterocycles. The predicted octanol–water partition coefficient (Wildman–Crippen LogP) is 3.30. The number of carbonyl (C=O) groups is 1. The lowest BCUT2D eigenvalue weighted by Crippen LogP contribution is -2.25. The number of nitrogens with one attached hydrogen (secondary N) is 1. The first-order valence-electron chi connectivity index (χ1n) is 8.73. The van der Waals surface area contributed by atoms with Crippen LogP contribution in [0.3, 0.4) is 0 Å². The second kappa shape index (κ2) is 8.85. The minimum atomic E-state index is -0.0488. The molecule has 3 rings (SSSR count). The molecule has 5 heteroatoms. The first-order chi connectivity index (χ1) is 12.8. The molecule has 0 aliphatic heterocycles. The van der Waals surface area contributed by atoms with Crippen LogP contribution in [0.1, 0.15) is 27.9 Å². The Morgan fingerprint density at radius 1 is 1.15 bits per heavy atom. The molecule has 1 N–H and O–H groups in total. The SMILES string of the molecule is COc1ccccc1CCCNC(=O)c1cccc(Cn2cccn2)c1. The van der Waals surface area contributed by atoms with Gasteiger partial charge in [-0.3, -0.25) is 9.48 Å². The Bertz CT molecular complexity index is 844. The molecule has 1 amide bonds. The highest BCUT2D eigenvalue weighted by Gasteiger charge is 2.07. The van der Waals surface area contributed by atoms with Crippen molar-refractivity contribution < 1.29 is 9.53 Å². The van der Waals surface area contributed by atoms with Crippen molar-refractivity contribution in [2.45, 2.75) is 19.4 Å². The van der Waals surface area contributed by atoms with E-state index in [-0.39, 0.29) is 5.91 Å². The van der Waals surface area contributed by atoms with Crippen molar-refractivity contribution in [3.63, 3.8) is 0 Å². The third kappa shape index (κ3) is 4.72. The van der Waals surface area contributed by atoms with Crippen molar-refractivity contribution in [1.82, 2.24) is 15.1 Å². The molecule has 0 radical (unpaired) electrons. The summed E-state index contributed by atoms with van der Waals surface area (Å²) in [4.78, 5) is 12.4. The summed E-state index contributed by atoms with van der Waals surface area (Å²) in [7, 11) is 1.68. The molecule has 0 bridgehead atoms. The van der Waals surface area contributed by atoms with Gasteiger partial charge in [0, 0.05) is 24.5 Å². The fourth-order valence-electron chi connectivity index (χ4n) is 2.88. The topological polar surface area (TPSA) is 56.1 Å². The lowest BCUT2D eigenvalue weighted by atomic mass is 10.1.